The van der Waals surface area contributed by atoms with Crippen molar-refractivity contribution in [1.29, 1.82) is 0 Å². The van der Waals surface area contributed by atoms with Crippen molar-refractivity contribution in [2.24, 2.45) is 0 Å². The summed E-state index contributed by atoms with van der Waals surface area (Å²) in [6, 6.07) is 11.5. The van der Waals surface area contributed by atoms with Crippen LogP contribution in [-0.4, -0.2) is 15.9 Å². The van der Waals surface area contributed by atoms with Crippen molar-refractivity contribution < 1.29 is 14.8 Å². The first-order chi connectivity index (χ1) is 9.06. The smallest absolute Gasteiger partial charge is 0.271 e. The second kappa shape index (κ2) is 5.18. The van der Waals surface area contributed by atoms with E-state index < -0.39 is 10.8 Å². The first-order valence-corrected chi connectivity index (χ1v) is 5.41. The van der Waals surface area contributed by atoms with Crippen molar-refractivity contribution in [3.8, 4) is 5.75 Å². The van der Waals surface area contributed by atoms with Gasteiger partial charge in [-0.15, -0.1) is 0 Å². The molecule has 0 saturated heterocycles. The quantitative estimate of drug-likeness (QED) is 0.653. The van der Waals surface area contributed by atoms with E-state index in [1.165, 1.54) is 42.5 Å². The number of nitrogens with zero attached hydrogens (tertiary/aromatic N) is 1. The third kappa shape index (κ3) is 3.06. The topological polar surface area (TPSA) is 92.5 Å². The van der Waals surface area contributed by atoms with Crippen molar-refractivity contribution >= 4 is 17.3 Å². The predicted octanol–water partition coefficient (Wildman–Crippen LogP) is 2.55. The Balaban J connectivity index is 2.19. The third-order valence-electron chi connectivity index (χ3n) is 2.42. The number of carbonyl (C=O) groups is 1. The number of hydrogen-bond acceptors (Lipinski definition) is 4. The summed E-state index contributed by atoms with van der Waals surface area (Å²) in [7, 11) is 0. The van der Waals surface area contributed by atoms with Gasteiger partial charge >= 0.3 is 0 Å². The monoisotopic (exact) mass is 258 g/mol. The molecule has 0 aromatic heterocycles. The lowest BCUT2D eigenvalue weighted by molar-refractivity contribution is -0.384. The maximum Gasteiger partial charge on any atom is 0.271 e. The lowest BCUT2D eigenvalue weighted by Gasteiger charge is -2.05. The van der Waals surface area contributed by atoms with Crippen molar-refractivity contribution in [3.05, 3.63) is 64.2 Å². The molecule has 2 aromatic rings. The summed E-state index contributed by atoms with van der Waals surface area (Å²) >= 11 is 0. The van der Waals surface area contributed by atoms with E-state index in [0.29, 0.717) is 5.69 Å². The van der Waals surface area contributed by atoms with Crippen molar-refractivity contribution in [3.63, 3.8) is 0 Å². The number of nitrogens with one attached hydrogen (secondary N) is 1. The zero-order chi connectivity index (χ0) is 13.8. The van der Waals surface area contributed by atoms with Gasteiger partial charge in [0, 0.05) is 23.4 Å². The Bertz CT molecular complexity index is 640. The molecule has 6 nitrogen and oxygen atoms in total. The fourth-order valence-corrected chi connectivity index (χ4v) is 1.55. The largest absolute Gasteiger partial charge is 0.508 e. The molecule has 0 heterocycles. The summed E-state index contributed by atoms with van der Waals surface area (Å²) in [5, 5.41) is 22.4. The number of phenolic OH excluding ortho intramolecular Hbond substituents is 1. The number of amides is 1. The predicted molar refractivity (Wildman–Crippen MR) is 69.2 cm³/mol. The maximum absolute atomic E-state index is 11.9. The number of benzene rings is 2. The Morgan fingerprint density at radius 2 is 1.89 bits per heavy atom. The van der Waals surface area contributed by atoms with E-state index >= 15 is 0 Å². The standard InChI is InChI=1S/C13H10N2O4/c16-12-6-1-3-9(7-12)13(17)14-10-4-2-5-11(8-10)15(18)19/h1-8,16H,(H,14,17). The van der Waals surface area contributed by atoms with Crippen LogP contribution in [0.5, 0.6) is 5.75 Å². The van der Waals surface area contributed by atoms with E-state index in [1.807, 2.05) is 0 Å². The minimum absolute atomic E-state index is 0.0216. The molecule has 2 N–H and O–H groups in total. The van der Waals surface area contributed by atoms with E-state index in [9.17, 15) is 20.0 Å². The highest BCUT2D eigenvalue weighted by Crippen LogP contribution is 2.18. The Hall–Kier alpha value is -2.89. The molecular weight excluding hydrogens is 248 g/mol. The Kier molecular flexibility index (Phi) is 3.42. The molecule has 1 amide bonds. The number of nitro groups is 1. The average Bonchev–Trinajstić information content (AvgIpc) is 2.39. The molecular formula is C13H10N2O4. The minimum Gasteiger partial charge on any atom is -0.508 e. The molecule has 0 fully saturated rings. The van der Waals surface area contributed by atoms with Crippen LogP contribution in [0.4, 0.5) is 11.4 Å². The molecule has 0 aliphatic rings. The first kappa shape index (κ1) is 12.6. The van der Waals surface area contributed by atoms with E-state index in [1.54, 1.807) is 6.07 Å². The number of aromatic hydroxyl groups is 1. The number of nitro benzene ring substituents is 1. The normalized spacial score (nSPS) is 9.89. The zero-order valence-electron chi connectivity index (χ0n) is 9.74. The van der Waals surface area contributed by atoms with Gasteiger partial charge in [0.25, 0.3) is 11.6 Å². The van der Waals surface area contributed by atoms with Gasteiger partial charge in [-0.1, -0.05) is 12.1 Å². The highest BCUT2D eigenvalue weighted by molar-refractivity contribution is 6.04. The summed E-state index contributed by atoms with van der Waals surface area (Å²) in [5.74, 6) is -0.469. The number of phenols is 1. The molecule has 0 aliphatic carbocycles. The van der Waals surface area contributed by atoms with Gasteiger partial charge in [-0.05, 0) is 24.3 Å². The summed E-state index contributed by atoms with van der Waals surface area (Å²) in [6.07, 6.45) is 0. The van der Waals surface area contributed by atoms with Crippen LogP contribution in [0.1, 0.15) is 10.4 Å². The second-order valence-electron chi connectivity index (χ2n) is 3.81. The molecule has 6 heteroatoms. The van der Waals surface area contributed by atoms with Crippen LogP contribution in [0.2, 0.25) is 0 Å². The van der Waals surface area contributed by atoms with Gasteiger partial charge in [-0.2, -0.15) is 0 Å². The molecule has 2 aromatic carbocycles. The highest BCUT2D eigenvalue weighted by Gasteiger charge is 2.10. The van der Waals surface area contributed by atoms with Crippen LogP contribution < -0.4 is 5.32 Å². The molecule has 19 heavy (non-hydrogen) atoms. The van der Waals surface area contributed by atoms with Crippen molar-refractivity contribution in [1.82, 2.24) is 0 Å². The summed E-state index contributed by atoms with van der Waals surface area (Å²) in [5.41, 5.74) is 0.489. The van der Waals surface area contributed by atoms with Gasteiger partial charge in [0.1, 0.15) is 5.75 Å². The third-order valence-corrected chi connectivity index (χ3v) is 2.42. The van der Waals surface area contributed by atoms with Crippen LogP contribution in [0.15, 0.2) is 48.5 Å². The first-order valence-electron chi connectivity index (χ1n) is 5.41. The van der Waals surface area contributed by atoms with E-state index in [2.05, 4.69) is 5.32 Å². The van der Waals surface area contributed by atoms with Gasteiger partial charge in [-0.3, -0.25) is 14.9 Å². The molecule has 0 bridgehead atoms. The maximum atomic E-state index is 11.9. The van der Waals surface area contributed by atoms with E-state index in [4.69, 9.17) is 0 Å². The Labute approximate surface area is 108 Å². The van der Waals surface area contributed by atoms with Crippen LogP contribution in [0.3, 0.4) is 0 Å². The number of anilines is 1. The van der Waals surface area contributed by atoms with E-state index in [-0.39, 0.29) is 17.0 Å². The van der Waals surface area contributed by atoms with E-state index in [0.717, 1.165) is 0 Å². The van der Waals surface area contributed by atoms with Crippen LogP contribution in [0, 0.1) is 10.1 Å². The van der Waals surface area contributed by atoms with Crippen molar-refractivity contribution in [2.75, 3.05) is 5.32 Å². The van der Waals surface area contributed by atoms with Gasteiger partial charge in [0.05, 0.1) is 4.92 Å². The molecule has 0 atom stereocenters. The molecule has 0 spiro atoms. The van der Waals surface area contributed by atoms with Gasteiger partial charge in [0.15, 0.2) is 0 Å². The fraction of sp³-hybridized carbons (Fsp3) is 0. The molecule has 0 saturated carbocycles. The van der Waals surface area contributed by atoms with Crippen LogP contribution >= 0.6 is 0 Å². The molecule has 96 valence electrons. The fourth-order valence-electron chi connectivity index (χ4n) is 1.55. The molecule has 0 unspecified atom stereocenters. The minimum atomic E-state index is -0.538. The number of carbonyl (C=O) groups excluding carboxylic acids is 1. The number of hydrogen-bond donors (Lipinski definition) is 2. The van der Waals surface area contributed by atoms with Crippen LogP contribution in [0.25, 0.3) is 0 Å². The van der Waals surface area contributed by atoms with Gasteiger partial charge in [0.2, 0.25) is 0 Å². The molecule has 0 aliphatic heterocycles. The lowest BCUT2D eigenvalue weighted by atomic mass is 10.2. The number of non-ortho nitro benzene ring substituents is 1. The average molecular weight is 258 g/mol. The van der Waals surface area contributed by atoms with Crippen LogP contribution in [-0.2, 0) is 0 Å². The molecule has 0 radical (unpaired) electrons. The van der Waals surface area contributed by atoms with Gasteiger partial charge in [-0.25, -0.2) is 0 Å². The van der Waals surface area contributed by atoms with Crippen molar-refractivity contribution in [2.45, 2.75) is 0 Å². The summed E-state index contributed by atoms with van der Waals surface area (Å²) in [4.78, 5) is 21.9. The lowest BCUT2D eigenvalue weighted by Crippen LogP contribution is -2.11. The summed E-state index contributed by atoms with van der Waals surface area (Å²) < 4.78 is 0. The summed E-state index contributed by atoms with van der Waals surface area (Å²) in [6.45, 7) is 0. The van der Waals surface area contributed by atoms with Gasteiger partial charge < -0.3 is 10.4 Å². The number of rotatable bonds is 3. The Morgan fingerprint density at radius 3 is 2.58 bits per heavy atom. The second-order valence-corrected chi connectivity index (χ2v) is 3.81. The SMILES string of the molecule is O=C(Nc1cccc([N+](=O)[O-])c1)c1cccc(O)c1. The Morgan fingerprint density at radius 1 is 1.16 bits per heavy atom. The molecule has 2 rings (SSSR count). The highest BCUT2D eigenvalue weighted by atomic mass is 16.6. The zero-order valence-corrected chi connectivity index (χ0v) is 9.74.